The summed E-state index contributed by atoms with van der Waals surface area (Å²) in [5, 5.41) is 8.85. The van der Waals surface area contributed by atoms with Gasteiger partial charge in [-0.3, -0.25) is 19.7 Å². The van der Waals surface area contributed by atoms with Crippen LogP contribution >= 0.6 is 0 Å². The number of hydrogen-bond donors (Lipinski definition) is 2. The fourth-order valence-corrected chi connectivity index (χ4v) is 7.64. The Morgan fingerprint density at radius 1 is 1.06 bits per heavy atom. The normalized spacial score (nSPS) is 31.3. The lowest BCUT2D eigenvalue weighted by Crippen LogP contribution is -2.62. The van der Waals surface area contributed by atoms with Crippen molar-refractivity contribution in [1.82, 2.24) is 15.3 Å². The predicted molar refractivity (Wildman–Crippen MR) is 126 cm³/mol. The highest BCUT2D eigenvalue weighted by Gasteiger charge is 2.60. The molecule has 1 unspecified atom stereocenters. The topological polar surface area (TPSA) is 108 Å². The van der Waals surface area contributed by atoms with E-state index in [0.717, 1.165) is 19.3 Å². The molecule has 0 spiro atoms. The van der Waals surface area contributed by atoms with Crippen LogP contribution in [0.1, 0.15) is 63.4 Å². The zero-order valence-electron chi connectivity index (χ0n) is 20.5. The second-order valence-corrected chi connectivity index (χ2v) is 10.8. The molecular weight excluding hydrogens is 450 g/mol. The van der Waals surface area contributed by atoms with Gasteiger partial charge in [-0.25, -0.2) is 10.3 Å². The molecule has 5 fully saturated rings. The van der Waals surface area contributed by atoms with Crippen LogP contribution in [0.15, 0.2) is 18.2 Å². The third-order valence-corrected chi connectivity index (χ3v) is 8.66. The molecule has 1 atom stereocenters. The molecule has 0 radical (unpaired) electrons. The van der Waals surface area contributed by atoms with E-state index in [0.29, 0.717) is 47.7 Å². The van der Waals surface area contributed by atoms with Crippen LogP contribution in [0.4, 0.5) is 4.79 Å². The fraction of sp³-hybridized carbons (Fsp3) is 0.654. The molecular formula is C26H35N3O6. The summed E-state index contributed by atoms with van der Waals surface area (Å²) >= 11 is 0. The first-order valence-electron chi connectivity index (χ1n) is 12.7. The van der Waals surface area contributed by atoms with Crippen LogP contribution in [-0.2, 0) is 16.1 Å². The van der Waals surface area contributed by atoms with Gasteiger partial charge in [-0.2, -0.15) is 0 Å². The maximum atomic E-state index is 14.0. The Bertz CT molecular complexity index is 953. The Balaban J connectivity index is 1.46. The van der Waals surface area contributed by atoms with Crippen molar-refractivity contribution in [2.75, 3.05) is 14.2 Å². The summed E-state index contributed by atoms with van der Waals surface area (Å²) in [6, 6.07) is 4.54. The lowest BCUT2D eigenvalue weighted by Gasteiger charge is -2.58. The Morgan fingerprint density at radius 3 is 2.14 bits per heavy atom. The Kier molecular flexibility index (Phi) is 6.38. The van der Waals surface area contributed by atoms with Crippen molar-refractivity contribution in [3.05, 3.63) is 23.8 Å². The molecule has 1 aromatic rings. The third-order valence-electron chi connectivity index (χ3n) is 8.66. The molecule has 9 nitrogen and oxygen atoms in total. The number of carbonyl (C=O) groups excluding carboxylic acids is 3. The van der Waals surface area contributed by atoms with E-state index in [-0.39, 0.29) is 30.4 Å². The van der Waals surface area contributed by atoms with E-state index in [1.807, 2.05) is 18.2 Å². The number of hydroxylamine groups is 1. The minimum atomic E-state index is -0.670. The molecule has 1 aliphatic heterocycles. The lowest BCUT2D eigenvalue weighted by atomic mass is 9.52. The van der Waals surface area contributed by atoms with Crippen LogP contribution in [0.25, 0.3) is 0 Å². The van der Waals surface area contributed by atoms with Crippen molar-refractivity contribution in [2.45, 2.75) is 75.9 Å². The summed E-state index contributed by atoms with van der Waals surface area (Å²) in [5.41, 5.74) is 1.97. The minimum absolute atomic E-state index is 0.0810. The summed E-state index contributed by atoms with van der Waals surface area (Å²) in [5.74, 6) is 2.31. The number of benzene rings is 1. The highest BCUT2D eigenvalue weighted by molar-refractivity contribution is 6.05. The summed E-state index contributed by atoms with van der Waals surface area (Å²) < 4.78 is 11.1. The predicted octanol–water partition coefficient (Wildman–Crippen LogP) is 3.48. The summed E-state index contributed by atoms with van der Waals surface area (Å²) in [7, 11) is 3.14. The lowest BCUT2D eigenvalue weighted by molar-refractivity contribution is -0.141. The fourth-order valence-electron chi connectivity index (χ4n) is 7.64. The number of amides is 4. The second kappa shape index (κ2) is 9.33. The highest BCUT2D eigenvalue weighted by atomic mass is 16.5. The molecule has 35 heavy (non-hydrogen) atoms. The Hall–Kier alpha value is -2.81. The molecule has 190 valence electrons. The van der Waals surface area contributed by atoms with Gasteiger partial charge in [0.05, 0.1) is 31.9 Å². The number of hydrogen-bond acceptors (Lipinski definition) is 6. The molecule has 1 aromatic carbocycles. The highest BCUT2D eigenvalue weighted by Crippen LogP contribution is 2.58. The van der Waals surface area contributed by atoms with Crippen LogP contribution < -0.4 is 15.0 Å². The molecule has 9 heteroatoms. The summed E-state index contributed by atoms with van der Waals surface area (Å²) in [6.07, 6.45) is 7.18. The van der Waals surface area contributed by atoms with Crippen LogP contribution in [-0.4, -0.2) is 58.7 Å². The molecule has 4 aliphatic carbocycles. The first-order valence-corrected chi connectivity index (χ1v) is 12.7. The smallest absolute Gasteiger partial charge is 0.328 e. The van der Waals surface area contributed by atoms with E-state index in [1.54, 1.807) is 29.5 Å². The number of carbonyl (C=O) groups is 3. The summed E-state index contributed by atoms with van der Waals surface area (Å²) in [6.45, 7) is 0.178. The maximum absolute atomic E-state index is 14.0. The van der Waals surface area contributed by atoms with Crippen molar-refractivity contribution in [3.8, 4) is 11.5 Å². The van der Waals surface area contributed by atoms with Gasteiger partial charge in [-0.1, -0.05) is 6.07 Å². The van der Waals surface area contributed by atoms with E-state index < -0.39 is 11.9 Å². The standard InChI is InChI=1S/C26H35N3O6/c1-34-21-6-4-7-22(35-2)19(21)15-28-20(5-3-8-23(30)27-33)24(31)29(25(28)32)26-12-16-9-17(13-26)11-18(10-16)14-26/h4,6-7,16-18,20,33H,3,5,8-15H2,1-2H3,(H,27,30). The zero-order valence-corrected chi connectivity index (χ0v) is 20.5. The van der Waals surface area contributed by atoms with Gasteiger partial charge in [0, 0.05) is 6.42 Å². The monoisotopic (exact) mass is 485 g/mol. The Morgan fingerprint density at radius 2 is 1.63 bits per heavy atom. The molecule has 5 aliphatic rings. The molecule has 4 bridgehead atoms. The molecule has 1 saturated heterocycles. The largest absolute Gasteiger partial charge is 0.496 e. The van der Waals surface area contributed by atoms with Gasteiger partial charge in [-0.05, 0) is 81.3 Å². The second-order valence-electron chi connectivity index (χ2n) is 10.8. The van der Waals surface area contributed by atoms with Gasteiger partial charge in [0.1, 0.15) is 17.5 Å². The molecule has 1 heterocycles. The van der Waals surface area contributed by atoms with Crippen LogP contribution in [0.2, 0.25) is 0 Å². The number of urea groups is 1. The van der Waals surface area contributed by atoms with Gasteiger partial charge < -0.3 is 14.4 Å². The van der Waals surface area contributed by atoms with Crippen molar-refractivity contribution >= 4 is 17.8 Å². The molecule has 2 N–H and O–H groups in total. The maximum Gasteiger partial charge on any atom is 0.328 e. The van der Waals surface area contributed by atoms with Crippen molar-refractivity contribution in [1.29, 1.82) is 0 Å². The van der Waals surface area contributed by atoms with Gasteiger partial charge in [-0.15, -0.1) is 0 Å². The van der Waals surface area contributed by atoms with Gasteiger partial charge in [0.25, 0.3) is 5.91 Å². The average molecular weight is 486 g/mol. The number of nitrogens with zero attached hydrogens (tertiary/aromatic N) is 2. The van der Waals surface area contributed by atoms with E-state index in [2.05, 4.69) is 0 Å². The molecule has 6 rings (SSSR count). The molecule has 4 amide bonds. The summed E-state index contributed by atoms with van der Waals surface area (Å²) in [4.78, 5) is 42.8. The number of rotatable bonds is 9. The first-order chi connectivity index (χ1) is 16.9. The number of nitrogens with one attached hydrogen (secondary N) is 1. The number of methoxy groups -OCH3 is 2. The van der Waals surface area contributed by atoms with E-state index in [1.165, 1.54) is 19.3 Å². The number of ether oxygens (including phenoxy) is 2. The average Bonchev–Trinajstić information content (AvgIpc) is 3.07. The molecule has 0 aromatic heterocycles. The van der Waals surface area contributed by atoms with Gasteiger partial charge in [0.2, 0.25) is 5.91 Å². The van der Waals surface area contributed by atoms with Crippen molar-refractivity contribution in [3.63, 3.8) is 0 Å². The van der Waals surface area contributed by atoms with E-state index in [9.17, 15) is 14.4 Å². The van der Waals surface area contributed by atoms with Crippen LogP contribution in [0.5, 0.6) is 11.5 Å². The van der Waals surface area contributed by atoms with E-state index >= 15 is 0 Å². The van der Waals surface area contributed by atoms with Crippen molar-refractivity contribution < 1.29 is 29.1 Å². The Labute approximate surface area is 205 Å². The van der Waals surface area contributed by atoms with Crippen LogP contribution in [0, 0.1) is 17.8 Å². The van der Waals surface area contributed by atoms with Gasteiger partial charge in [0.15, 0.2) is 0 Å². The SMILES string of the molecule is COc1cccc(OC)c1CN1C(=O)N(C23CC4CC(CC(C4)C2)C3)C(=O)C1CCCC(=O)NO. The quantitative estimate of drug-likeness (QED) is 0.315. The van der Waals surface area contributed by atoms with E-state index in [4.69, 9.17) is 14.7 Å². The van der Waals surface area contributed by atoms with Crippen molar-refractivity contribution in [2.24, 2.45) is 17.8 Å². The zero-order chi connectivity index (χ0) is 24.7. The molecule has 4 saturated carbocycles. The first kappa shape index (κ1) is 23.9. The van der Waals surface area contributed by atoms with Gasteiger partial charge >= 0.3 is 6.03 Å². The number of imide groups is 1. The van der Waals surface area contributed by atoms with Crippen LogP contribution in [0.3, 0.4) is 0 Å². The minimum Gasteiger partial charge on any atom is -0.496 e. The third kappa shape index (κ3) is 4.13.